The smallest absolute Gasteiger partial charge is 0.550 e. The molecule has 0 radical (unpaired) electrons. The number of amides is 1. The first-order valence-electron chi connectivity index (χ1n) is 6.60. The number of carbonyl (C=O) groups is 2. The molecule has 2 heterocycles. The summed E-state index contributed by atoms with van der Waals surface area (Å²) in [4.78, 5) is 24.7. The first-order chi connectivity index (χ1) is 8.78. The van der Waals surface area contributed by atoms with Crippen LogP contribution in [0, 0.1) is 5.92 Å². The summed E-state index contributed by atoms with van der Waals surface area (Å²) in [5.41, 5.74) is -0.597. The van der Waals surface area contributed by atoms with Gasteiger partial charge in [0.2, 0.25) is 0 Å². The van der Waals surface area contributed by atoms with E-state index in [1.165, 1.54) is 4.90 Å². The van der Waals surface area contributed by atoms with Gasteiger partial charge in [0, 0.05) is 25.0 Å². The van der Waals surface area contributed by atoms with Crippen molar-refractivity contribution in [2.45, 2.75) is 51.4 Å². The van der Waals surface area contributed by atoms with Crippen molar-refractivity contribution < 1.29 is 43.0 Å². The third-order valence-electron chi connectivity index (χ3n) is 3.47. The Morgan fingerprint density at radius 2 is 2.00 bits per heavy atom. The predicted octanol–water partition coefficient (Wildman–Crippen LogP) is -2.85. The summed E-state index contributed by atoms with van der Waals surface area (Å²) < 4.78 is 10.8. The average molecular weight is 277 g/mol. The molecule has 0 bridgehead atoms. The van der Waals surface area contributed by atoms with Gasteiger partial charge in [-0.2, -0.15) is 0 Å². The van der Waals surface area contributed by atoms with E-state index in [0.29, 0.717) is 13.0 Å². The number of rotatable bonds is 1. The normalized spacial score (nSPS) is 29.4. The van der Waals surface area contributed by atoms with Crippen LogP contribution in [-0.2, 0) is 14.3 Å². The fourth-order valence-corrected chi connectivity index (χ4v) is 2.65. The Bertz CT molecular complexity index is 381. The quantitative estimate of drug-likeness (QED) is 0.482. The molecule has 108 valence electrons. The van der Waals surface area contributed by atoms with Crippen LogP contribution < -0.4 is 24.0 Å². The molecule has 2 saturated heterocycles. The fraction of sp³-hybridized carbons (Fsp3) is 0.846. The number of fused-ring (bicyclic) bond motifs is 1. The van der Waals surface area contributed by atoms with Gasteiger partial charge in [-0.15, -0.1) is 0 Å². The van der Waals surface area contributed by atoms with E-state index in [1.807, 2.05) is 0 Å². The molecular formula is C13H20LiNO5. The molecule has 0 aromatic heterocycles. The van der Waals surface area contributed by atoms with Crippen LogP contribution in [0.4, 0.5) is 4.79 Å². The van der Waals surface area contributed by atoms with Gasteiger partial charge in [-0.05, 0) is 33.6 Å². The van der Waals surface area contributed by atoms with Crippen molar-refractivity contribution in [3.8, 4) is 0 Å². The van der Waals surface area contributed by atoms with E-state index in [0.717, 1.165) is 6.42 Å². The van der Waals surface area contributed by atoms with Gasteiger partial charge < -0.3 is 24.3 Å². The minimum absolute atomic E-state index is 0. The van der Waals surface area contributed by atoms with Crippen LogP contribution in [0.15, 0.2) is 0 Å². The van der Waals surface area contributed by atoms with Gasteiger partial charge in [0.1, 0.15) is 5.60 Å². The van der Waals surface area contributed by atoms with Crippen LogP contribution in [0.2, 0.25) is 0 Å². The van der Waals surface area contributed by atoms with E-state index >= 15 is 0 Å². The summed E-state index contributed by atoms with van der Waals surface area (Å²) in [6.07, 6.45) is 0.443. The summed E-state index contributed by atoms with van der Waals surface area (Å²) >= 11 is 0. The van der Waals surface area contributed by atoms with Crippen LogP contribution in [0.1, 0.15) is 33.6 Å². The van der Waals surface area contributed by atoms with Gasteiger partial charge in [0.25, 0.3) is 0 Å². The summed E-state index contributed by atoms with van der Waals surface area (Å²) in [5.74, 6) is -1.82. The predicted molar refractivity (Wildman–Crippen MR) is 64.2 cm³/mol. The second-order valence-electron chi connectivity index (χ2n) is 6.15. The maximum atomic E-state index is 12.2. The van der Waals surface area contributed by atoms with Crippen molar-refractivity contribution in [1.29, 1.82) is 0 Å². The van der Waals surface area contributed by atoms with E-state index in [4.69, 9.17) is 9.47 Å². The molecule has 3 unspecified atom stereocenters. The molecule has 2 fully saturated rings. The number of carbonyl (C=O) groups excluding carboxylic acids is 2. The zero-order chi connectivity index (χ0) is 14.2. The van der Waals surface area contributed by atoms with Crippen molar-refractivity contribution in [2.75, 3.05) is 13.2 Å². The molecule has 0 aromatic rings. The maximum absolute atomic E-state index is 12.2. The maximum Gasteiger partial charge on any atom is 1.00 e. The van der Waals surface area contributed by atoms with Crippen molar-refractivity contribution in [2.24, 2.45) is 5.92 Å². The molecule has 6 nitrogen and oxygen atoms in total. The summed E-state index contributed by atoms with van der Waals surface area (Å²) in [6, 6.07) is -0.0783. The number of nitrogens with zero attached hydrogens (tertiary/aromatic N) is 1. The minimum Gasteiger partial charge on any atom is -0.550 e. The van der Waals surface area contributed by atoms with E-state index in [9.17, 15) is 14.7 Å². The van der Waals surface area contributed by atoms with E-state index in [1.54, 1.807) is 20.8 Å². The van der Waals surface area contributed by atoms with Crippen molar-refractivity contribution in [3.63, 3.8) is 0 Å². The van der Waals surface area contributed by atoms with Crippen LogP contribution in [0.25, 0.3) is 0 Å². The number of carboxylic acid groups (broad SMARTS) is 1. The van der Waals surface area contributed by atoms with E-state index in [-0.39, 0.29) is 37.6 Å². The summed E-state index contributed by atoms with van der Waals surface area (Å²) in [5, 5.41) is 11.1. The van der Waals surface area contributed by atoms with Gasteiger partial charge in [-0.1, -0.05) is 0 Å². The Morgan fingerprint density at radius 3 is 2.55 bits per heavy atom. The molecule has 2 rings (SSSR count). The van der Waals surface area contributed by atoms with Gasteiger partial charge in [-0.3, -0.25) is 0 Å². The Labute approximate surface area is 131 Å². The number of hydrogen-bond acceptors (Lipinski definition) is 5. The van der Waals surface area contributed by atoms with E-state index < -0.39 is 23.6 Å². The molecule has 1 amide bonds. The largest absolute Gasteiger partial charge is 1.00 e. The molecule has 3 atom stereocenters. The fourth-order valence-electron chi connectivity index (χ4n) is 2.65. The van der Waals surface area contributed by atoms with Crippen LogP contribution in [0.5, 0.6) is 0 Å². The molecule has 0 saturated carbocycles. The topological polar surface area (TPSA) is 78.9 Å². The molecule has 7 heteroatoms. The first-order valence-corrected chi connectivity index (χ1v) is 6.60. The third-order valence-corrected chi connectivity index (χ3v) is 3.47. The van der Waals surface area contributed by atoms with Crippen molar-refractivity contribution in [3.05, 3.63) is 0 Å². The Morgan fingerprint density at radius 1 is 1.35 bits per heavy atom. The van der Waals surface area contributed by atoms with E-state index in [2.05, 4.69) is 0 Å². The van der Waals surface area contributed by atoms with Crippen LogP contribution in [0.3, 0.4) is 0 Å². The molecule has 0 N–H and O–H groups in total. The first kappa shape index (κ1) is 17.3. The molecule has 20 heavy (non-hydrogen) atoms. The zero-order valence-corrected chi connectivity index (χ0v) is 12.5. The van der Waals surface area contributed by atoms with Gasteiger partial charge in [0.15, 0.2) is 0 Å². The number of piperidine rings is 1. The zero-order valence-electron chi connectivity index (χ0n) is 12.5. The number of likely N-dealkylation sites (tertiary alicyclic amines) is 1. The van der Waals surface area contributed by atoms with Crippen molar-refractivity contribution in [1.82, 2.24) is 4.90 Å². The second kappa shape index (κ2) is 6.38. The van der Waals surface area contributed by atoms with Crippen LogP contribution in [-0.4, -0.2) is 47.9 Å². The number of ether oxygens (including phenoxy) is 2. The minimum atomic E-state index is -1.14. The SMILES string of the molecule is CC(C)(C)OC(=O)N1CC(C(=O)[O-])CC2OCCC21.[Li+]. The molecule has 2 aliphatic rings. The summed E-state index contributed by atoms with van der Waals surface area (Å²) in [6.45, 7) is 6.05. The monoisotopic (exact) mass is 277 g/mol. The standard InChI is InChI=1S/C13H21NO5.Li/c1-13(2,3)19-12(17)14-7-8(11(15)16)6-10-9(14)4-5-18-10;/h8-10H,4-7H2,1-3H3,(H,15,16);/q;+1/p-1. The van der Waals surface area contributed by atoms with Gasteiger partial charge in [-0.25, -0.2) is 4.79 Å². The van der Waals surface area contributed by atoms with Gasteiger partial charge in [0.05, 0.1) is 12.1 Å². The molecular weight excluding hydrogens is 257 g/mol. The number of aliphatic carboxylic acids is 1. The molecule has 0 aliphatic carbocycles. The third kappa shape index (κ3) is 3.91. The average Bonchev–Trinajstić information content (AvgIpc) is 2.72. The summed E-state index contributed by atoms with van der Waals surface area (Å²) in [7, 11) is 0. The number of hydrogen-bond donors (Lipinski definition) is 0. The molecule has 0 spiro atoms. The second-order valence-corrected chi connectivity index (χ2v) is 6.15. The Balaban J connectivity index is 0.00000200. The Hall–Kier alpha value is -0.703. The van der Waals surface area contributed by atoms with Gasteiger partial charge >= 0.3 is 25.0 Å². The van der Waals surface area contributed by atoms with Crippen molar-refractivity contribution >= 4 is 12.1 Å². The molecule has 2 aliphatic heterocycles. The molecule has 0 aromatic carbocycles. The Kier molecular flexibility index (Phi) is 5.53. The van der Waals surface area contributed by atoms with Crippen LogP contribution >= 0.6 is 0 Å². The number of carboxylic acids is 1.